The van der Waals surface area contributed by atoms with Gasteiger partial charge in [0, 0.05) is 37.9 Å². The van der Waals surface area contributed by atoms with Crippen LogP contribution in [-0.2, 0) is 21.2 Å². The number of amides is 1. The van der Waals surface area contributed by atoms with Crippen LogP contribution < -0.4 is 5.32 Å². The van der Waals surface area contributed by atoms with E-state index in [1.165, 1.54) is 0 Å². The maximum atomic E-state index is 12.2. The molecule has 2 heterocycles. The van der Waals surface area contributed by atoms with Crippen LogP contribution in [0.1, 0.15) is 18.4 Å². The minimum Gasteiger partial charge on any atom is -0.352 e. The molecule has 1 fully saturated rings. The molecule has 1 N–H and O–H groups in total. The summed E-state index contributed by atoms with van der Waals surface area (Å²) in [6.07, 6.45) is 4.58. The van der Waals surface area contributed by atoms with Crippen LogP contribution in [0.5, 0.6) is 0 Å². The predicted molar refractivity (Wildman–Crippen MR) is 99.7 cm³/mol. The van der Waals surface area contributed by atoms with Crippen molar-refractivity contribution in [2.45, 2.75) is 25.4 Å². The first-order valence-corrected chi connectivity index (χ1v) is 10.5. The lowest BCUT2D eigenvalue weighted by atomic mass is 10.1. The number of carbonyl (C=O) groups excluding carboxylic acids is 1. The number of hydrogen-bond acceptors (Lipinski definition) is 5. The van der Waals surface area contributed by atoms with Gasteiger partial charge in [-0.1, -0.05) is 18.2 Å². The molecule has 8 heteroatoms. The third kappa shape index (κ3) is 4.70. The van der Waals surface area contributed by atoms with Gasteiger partial charge in [0.2, 0.25) is 5.91 Å². The summed E-state index contributed by atoms with van der Waals surface area (Å²) in [6, 6.07) is 9.67. The summed E-state index contributed by atoms with van der Waals surface area (Å²) in [6.45, 7) is 0.975. The molecule has 140 valence electrons. The Morgan fingerprint density at radius 1 is 1.35 bits per heavy atom. The number of sulfone groups is 1. The number of rotatable bonds is 7. The maximum Gasteiger partial charge on any atom is 0.221 e. The lowest BCUT2D eigenvalue weighted by molar-refractivity contribution is -0.121. The highest BCUT2D eigenvalue weighted by Gasteiger charge is 2.30. The fourth-order valence-electron chi connectivity index (χ4n) is 3.16. The number of aromatic nitrogens is 2. The van der Waals surface area contributed by atoms with Crippen LogP contribution in [0.4, 0.5) is 0 Å². The minimum atomic E-state index is -2.90. The number of para-hydroxylation sites is 1. The highest BCUT2D eigenvalue weighted by atomic mass is 32.2. The van der Waals surface area contributed by atoms with E-state index in [-0.39, 0.29) is 23.5 Å². The van der Waals surface area contributed by atoms with E-state index < -0.39 is 9.84 Å². The molecule has 1 amide bonds. The zero-order valence-electron chi connectivity index (χ0n) is 14.8. The van der Waals surface area contributed by atoms with Crippen molar-refractivity contribution in [3.05, 3.63) is 48.3 Å². The van der Waals surface area contributed by atoms with E-state index in [2.05, 4.69) is 10.4 Å². The third-order valence-corrected chi connectivity index (χ3v) is 6.49. The SMILES string of the molecule is CN(CCC(=O)NCc1ccccc1-n1cccn1)C1CCS(=O)(=O)C1. The van der Waals surface area contributed by atoms with Crippen molar-refractivity contribution in [3.8, 4) is 5.69 Å². The quantitative estimate of drug-likeness (QED) is 0.779. The van der Waals surface area contributed by atoms with E-state index in [0.717, 1.165) is 11.3 Å². The Hall–Kier alpha value is -2.19. The summed E-state index contributed by atoms with van der Waals surface area (Å²) < 4.78 is 24.9. The molecule has 7 nitrogen and oxygen atoms in total. The summed E-state index contributed by atoms with van der Waals surface area (Å²) in [5.74, 6) is 0.397. The van der Waals surface area contributed by atoms with E-state index in [1.54, 1.807) is 10.9 Å². The molecule has 1 unspecified atom stereocenters. The van der Waals surface area contributed by atoms with Crippen LogP contribution in [0.3, 0.4) is 0 Å². The van der Waals surface area contributed by atoms with Crippen molar-refractivity contribution in [1.82, 2.24) is 20.0 Å². The Morgan fingerprint density at radius 2 is 2.15 bits per heavy atom. The second-order valence-electron chi connectivity index (χ2n) is 6.64. The molecule has 1 saturated heterocycles. The van der Waals surface area contributed by atoms with Gasteiger partial charge in [0.1, 0.15) is 0 Å². The van der Waals surface area contributed by atoms with Gasteiger partial charge in [-0.2, -0.15) is 5.10 Å². The van der Waals surface area contributed by atoms with Crippen molar-refractivity contribution >= 4 is 15.7 Å². The van der Waals surface area contributed by atoms with Crippen molar-refractivity contribution in [3.63, 3.8) is 0 Å². The molecule has 0 spiro atoms. The monoisotopic (exact) mass is 376 g/mol. The largest absolute Gasteiger partial charge is 0.352 e. The van der Waals surface area contributed by atoms with Crippen LogP contribution in [0.15, 0.2) is 42.7 Å². The van der Waals surface area contributed by atoms with Crippen molar-refractivity contribution in [1.29, 1.82) is 0 Å². The van der Waals surface area contributed by atoms with Gasteiger partial charge in [-0.3, -0.25) is 4.79 Å². The molecule has 1 aromatic carbocycles. The van der Waals surface area contributed by atoms with Crippen LogP contribution in [-0.4, -0.2) is 60.1 Å². The van der Waals surface area contributed by atoms with Crippen molar-refractivity contribution in [2.75, 3.05) is 25.1 Å². The Balaban J connectivity index is 1.49. The molecule has 1 atom stereocenters. The molecule has 1 aliphatic heterocycles. The molecule has 3 rings (SSSR count). The lowest BCUT2D eigenvalue weighted by Crippen LogP contribution is -2.36. The van der Waals surface area contributed by atoms with Crippen LogP contribution in [0.2, 0.25) is 0 Å². The van der Waals surface area contributed by atoms with Gasteiger partial charge in [-0.15, -0.1) is 0 Å². The first kappa shape index (κ1) is 18.6. The van der Waals surface area contributed by atoms with Gasteiger partial charge < -0.3 is 10.2 Å². The van der Waals surface area contributed by atoms with Gasteiger partial charge >= 0.3 is 0 Å². The Bertz CT molecular complexity index is 849. The normalized spacial score (nSPS) is 18.9. The summed E-state index contributed by atoms with van der Waals surface area (Å²) in [4.78, 5) is 14.2. The fourth-order valence-corrected chi connectivity index (χ4v) is 4.97. The molecule has 1 aromatic heterocycles. The summed E-state index contributed by atoms with van der Waals surface area (Å²) in [5.41, 5.74) is 1.92. The number of benzene rings is 1. The zero-order valence-corrected chi connectivity index (χ0v) is 15.7. The average Bonchev–Trinajstić information content (AvgIpc) is 3.27. The number of nitrogens with zero attached hydrogens (tertiary/aromatic N) is 3. The summed E-state index contributed by atoms with van der Waals surface area (Å²) in [7, 11) is -1.02. The molecule has 26 heavy (non-hydrogen) atoms. The highest BCUT2D eigenvalue weighted by molar-refractivity contribution is 7.91. The van der Waals surface area contributed by atoms with Gasteiger partial charge in [-0.05, 0) is 31.2 Å². The highest BCUT2D eigenvalue weighted by Crippen LogP contribution is 2.17. The lowest BCUT2D eigenvalue weighted by Gasteiger charge is -2.22. The predicted octanol–water partition coefficient (Wildman–Crippen LogP) is 0.997. The number of carbonyl (C=O) groups is 1. The van der Waals surface area contributed by atoms with Crippen LogP contribution in [0, 0.1) is 0 Å². The van der Waals surface area contributed by atoms with Crippen LogP contribution >= 0.6 is 0 Å². The van der Waals surface area contributed by atoms with Gasteiger partial charge in [0.25, 0.3) is 0 Å². The van der Waals surface area contributed by atoms with E-state index >= 15 is 0 Å². The minimum absolute atomic E-state index is 0.0216. The first-order chi connectivity index (χ1) is 12.4. The smallest absolute Gasteiger partial charge is 0.221 e. The van der Waals surface area contributed by atoms with Crippen molar-refractivity contribution < 1.29 is 13.2 Å². The summed E-state index contributed by atoms with van der Waals surface area (Å²) in [5, 5.41) is 7.18. The van der Waals surface area contributed by atoms with Gasteiger partial charge in [-0.25, -0.2) is 13.1 Å². The molecule has 0 radical (unpaired) electrons. The van der Waals surface area contributed by atoms with E-state index in [0.29, 0.717) is 25.9 Å². The number of nitrogens with one attached hydrogen (secondary N) is 1. The van der Waals surface area contributed by atoms with E-state index in [4.69, 9.17) is 0 Å². The van der Waals surface area contributed by atoms with Gasteiger partial charge in [0.05, 0.1) is 17.2 Å². The van der Waals surface area contributed by atoms with E-state index in [1.807, 2.05) is 48.5 Å². The Morgan fingerprint density at radius 3 is 2.85 bits per heavy atom. The second kappa shape index (κ2) is 8.01. The topological polar surface area (TPSA) is 84.3 Å². The number of hydrogen-bond donors (Lipinski definition) is 1. The van der Waals surface area contributed by atoms with Crippen LogP contribution in [0.25, 0.3) is 5.69 Å². The average molecular weight is 376 g/mol. The van der Waals surface area contributed by atoms with E-state index in [9.17, 15) is 13.2 Å². The zero-order chi connectivity index (χ0) is 18.6. The first-order valence-electron chi connectivity index (χ1n) is 8.70. The second-order valence-corrected chi connectivity index (χ2v) is 8.87. The molecule has 0 bridgehead atoms. The molecular weight excluding hydrogens is 352 g/mol. The summed E-state index contributed by atoms with van der Waals surface area (Å²) >= 11 is 0. The third-order valence-electron chi connectivity index (χ3n) is 4.74. The molecular formula is C18H24N4O3S. The fraction of sp³-hybridized carbons (Fsp3) is 0.444. The van der Waals surface area contributed by atoms with Crippen molar-refractivity contribution in [2.24, 2.45) is 0 Å². The maximum absolute atomic E-state index is 12.2. The standard InChI is InChI=1S/C18H24N4O3S/c1-21(16-8-12-26(24,25)14-16)11-7-18(23)19-13-15-5-2-3-6-17(15)22-10-4-9-20-22/h2-6,9-10,16H,7-8,11-14H2,1H3,(H,19,23). The molecule has 1 aliphatic rings. The Kier molecular flexibility index (Phi) is 5.73. The van der Waals surface area contributed by atoms with Gasteiger partial charge in [0.15, 0.2) is 9.84 Å². The molecule has 0 aliphatic carbocycles. The Labute approximate surface area is 153 Å². The molecule has 2 aromatic rings. The molecule has 0 saturated carbocycles.